The molecule has 0 amide bonds. The molecule has 0 aliphatic heterocycles. The van der Waals surface area contributed by atoms with E-state index in [1.54, 1.807) is 72.8 Å². The molecule has 4 aromatic rings. The van der Waals surface area contributed by atoms with E-state index in [1.807, 2.05) is 52.0 Å². The lowest BCUT2D eigenvalue weighted by Crippen LogP contribution is -2.33. The average molecular weight is 679 g/mol. The van der Waals surface area contributed by atoms with Gasteiger partial charge < -0.3 is 18.9 Å². The molecule has 8 nitrogen and oxygen atoms in total. The summed E-state index contributed by atoms with van der Waals surface area (Å²) in [5.41, 5.74) is 3.28. The van der Waals surface area contributed by atoms with Gasteiger partial charge in [0.05, 0.1) is 48.7 Å². The van der Waals surface area contributed by atoms with Gasteiger partial charge in [-0.15, -0.1) is 0 Å². The maximum atomic E-state index is 13.2. The fourth-order valence-corrected chi connectivity index (χ4v) is 5.77. The monoisotopic (exact) mass is 678 g/mol. The minimum atomic E-state index is -1.10. The van der Waals surface area contributed by atoms with E-state index in [4.69, 9.17) is 18.9 Å². The van der Waals surface area contributed by atoms with Crippen molar-refractivity contribution < 1.29 is 38.1 Å². The Hall–Kier alpha value is -5.24. The molecule has 0 bridgehead atoms. The van der Waals surface area contributed by atoms with Crippen LogP contribution in [0.15, 0.2) is 97.1 Å². The van der Waals surface area contributed by atoms with Crippen molar-refractivity contribution in [2.45, 2.75) is 65.2 Å². The van der Waals surface area contributed by atoms with Crippen LogP contribution in [0.1, 0.15) is 117 Å². The van der Waals surface area contributed by atoms with E-state index in [-0.39, 0.29) is 26.2 Å². The Labute approximate surface area is 294 Å². The van der Waals surface area contributed by atoms with Crippen molar-refractivity contribution in [1.82, 2.24) is 0 Å². The van der Waals surface area contributed by atoms with Crippen molar-refractivity contribution in [3.05, 3.63) is 142 Å². The van der Waals surface area contributed by atoms with Crippen LogP contribution in [0.4, 0.5) is 0 Å². The number of hydrogen-bond donors (Lipinski definition) is 0. The number of hydrogen-bond acceptors (Lipinski definition) is 8. The molecule has 0 heterocycles. The minimum Gasteiger partial charge on any atom is -0.462 e. The number of esters is 4. The van der Waals surface area contributed by atoms with Crippen molar-refractivity contribution in [2.75, 3.05) is 26.4 Å². The number of carbonyl (C=O) groups excluding carboxylic acids is 4. The maximum absolute atomic E-state index is 13.2. The molecule has 0 aliphatic rings. The fourth-order valence-electron chi connectivity index (χ4n) is 5.77. The van der Waals surface area contributed by atoms with E-state index in [1.165, 1.54) is 0 Å². The molecule has 0 radical (unpaired) electrons. The maximum Gasteiger partial charge on any atom is 0.338 e. The zero-order valence-electron chi connectivity index (χ0n) is 29.4. The molecule has 0 aliphatic carbocycles. The molecule has 0 atom stereocenters. The first kappa shape index (κ1) is 37.6. The zero-order valence-corrected chi connectivity index (χ0v) is 29.4. The summed E-state index contributed by atoms with van der Waals surface area (Å²) in [7, 11) is 0. The number of benzene rings is 4. The summed E-state index contributed by atoms with van der Waals surface area (Å²) in [6.07, 6.45) is 2.99. The lowest BCUT2D eigenvalue weighted by molar-refractivity contribution is 0.0495. The second-order valence-electron chi connectivity index (χ2n) is 12.1. The van der Waals surface area contributed by atoms with E-state index < -0.39 is 29.3 Å². The quantitative estimate of drug-likeness (QED) is 0.0622. The van der Waals surface area contributed by atoms with Crippen LogP contribution in [-0.4, -0.2) is 50.3 Å². The molecule has 0 N–H and O–H groups in total. The smallest absolute Gasteiger partial charge is 0.338 e. The van der Waals surface area contributed by atoms with Crippen LogP contribution in [0.3, 0.4) is 0 Å². The van der Waals surface area contributed by atoms with Crippen LogP contribution < -0.4 is 0 Å². The minimum absolute atomic E-state index is 0.274. The third-order valence-electron chi connectivity index (χ3n) is 8.15. The molecule has 4 rings (SSSR count). The Bertz CT molecular complexity index is 1620. The molecular weight excluding hydrogens is 632 g/mol. The van der Waals surface area contributed by atoms with Gasteiger partial charge in [0.1, 0.15) is 0 Å². The lowest BCUT2D eigenvalue weighted by atomic mass is 9.65. The van der Waals surface area contributed by atoms with Gasteiger partial charge in [-0.1, -0.05) is 76.2 Å². The summed E-state index contributed by atoms with van der Waals surface area (Å²) >= 11 is 0. The van der Waals surface area contributed by atoms with Gasteiger partial charge in [-0.25, -0.2) is 19.2 Å². The highest BCUT2D eigenvalue weighted by Crippen LogP contribution is 2.43. The summed E-state index contributed by atoms with van der Waals surface area (Å²) < 4.78 is 22.0. The van der Waals surface area contributed by atoms with Gasteiger partial charge in [0.15, 0.2) is 0 Å². The Morgan fingerprint density at radius 3 is 1.06 bits per heavy atom. The van der Waals surface area contributed by atoms with E-state index in [9.17, 15) is 19.2 Å². The molecule has 8 heteroatoms. The van der Waals surface area contributed by atoms with Crippen LogP contribution in [0.5, 0.6) is 0 Å². The molecule has 0 unspecified atom stereocenters. The Balaban J connectivity index is 2.03. The van der Waals surface area contributed by atoms with Crippen LogP contribution >= 0.6 is 0 Å². The number of carbonyl (C=O) groups is 4. The fraction of sp³-hybridized carbons (Fsp3) is 0.333. The average Bonchev–Trinajstić information content (AvgIpc) is 3.16. The molecule has 0 spiro atoms. The highest BCUT2D eigenvalue weighted by Gasteiger charge is 2.38. The van der Waals surface area contributed by atoms with Crippen molar-refractivity contribution >= 4 is 23.9 Å². The predicted octanol–water partition coefficient (Wildman–Crippen LogP) is 8.53. The number of rotatable bonds is 17. The number of ether oxygens (including phenoxy) is 4. The normalized spacial score (nSPS) is 11.0. The molecule has 0 aromatic heterocycles. The van der Waals surface area contributed by atoms with Crippen LogP contribution in [0.25, 0.3) is 0 Å². The van der Waals surface area contributed by atoms with Gasteiger partial charge in [-0.3, -0.25) is 0 Å². The van der Waals surface area contributed by atoms with Gasteiger partial charge in [0.2, 0.25) is 0 Å². The van der Waals surface area contributed by atoms with Crippen LogP contribution in [-0.2, 0) is 30.8 Å². The Morgan fingerprint density at radius 1 is 0.440 bits per heavy atom. The van der Waals surface area contributed by atoms with Crippen LogP contribution in [0, 0.1) is 0 Å². The molecule has 0 saturated heterocycles. The standard InChI is InChI=1S/C42H46O8/c1-5-21-47-38(43)31-14-9-13-30(25-31)29-42(35-18-10-15-32(26-35)39(44)48-22-6-2,36-19-11-16-33(27-36)40(45)49-23-7-3)37-20-12-17-34(28-37)41(46)50-24-8-4/h9-20,25-28H,5-8,21-24,29H2,1-4H3. The summed E-state index contributed by atoms with van der Waals surface area (Å²) in [4.78, 5) is 52.6. The largest absolute Gasteiger partial charge is 0.462 e. The Morgan fingerprint density at radius 2 is 0.740 bits per heavy atom. The predicted molar refractivity (Wildman–Crippen MR) is 192 cm³/mol. The van der Waals surface area contributed by atoms with Crippen molar-refractivity contribution in [3.8, 4) is 0 Å². The topological polar surface area (TPSA) is 105 Å². The molecule has 0 fully saturated rings. The Kier molecular flexibility index (Phi) is 13.9. The van der Waals surface area contributed by atoms with Crippen molar-refractivity contribution in [1.29, 1.82) is 0 Å². The first-order valence-corrected chi connectivity index (χ1v) is 17.4. The SMILES string of the molecule is CCCOC(=O)c1cccc(CC(c2cccc(C(=O)OCCC)c2)(c2cccc(C(=O)OCCC)c2)c2cccc(C(=O)OCCC)c2)c1. The molecule has 50 heavy (non-hydrogen) atoms. The van der Waals surface area contributed by atoms with Crippen molar-refractivity contribution in [3.63, 3.8) is 0 Å². The molecule has 4 aromatic carbocycles. The zero-order chi connectivity index (χ0) is 35.9. The third-order valence-corrected chi connectivity index (χ3v) is 8.15. The second kappa shape index (κ2) is 18.5. The first-order chi connectivity index (χ1) is 24.3. The van der Waals surface area contributed by atoms with Gasteiger partial charge in [0.25, 0.3) is 0 Å². The van der Waals surface area contributed by atoms with Crippen LogP contribution in [0.2, 0.25) is 0 Å². The summed E-state index contributed by atoms with van der Waals surface area (Å²) in [5.74, 6) is -1.81. The summed E-state index contributed by atoms with van der Waals surface area (Å²) in [6, 6.07) is 28.9. The molecule has 0 saturated carbocycles. The highest BCUT2D eigenvalue weighted by atomic mass is 16.5. The van der Waals surface area contributed by atoms with E-state index in [0.717, 1.165) is 5.56 Å². The second-order valence-corrected chi connectivity index (χ2v) is 12.1. The van der Waals surface area contributed by atoms with Gasteiger partial charge >= 0.3 is 23.9 Å². The lowest BCUT2D eigenvalue weighted by Gasteiger charge is -2.37. The van der Waals surface area contributed by atoms with Gasteiger partial charge in [0, 0.05) is 5.41 Å². The van der Waals surface area contributed by atoms with E-state index in [2.05, 4.69) is 0 Å². The highest BCUT2D eigenvalue weighted by molar-refractivity contribution is 5.92. The van der Waals surface area contributed by atoms with E-state index in [0.29, 0.717) is 71.2 Å². The summed E-state index contributed by atoms with van der Waals surface area (Å²) in [6.45, 7) is 8.85. The molecular formula is C42H46O8. The van der Waals surface area contributed by atoms with Crippen molar-refractivity contribution in [2.24, 2.45) is 0 Å². The van der Waals surface area contributed by atoms with Gasteiger partial charge in [-0.2, -0.15) is 0 Å². The molecule has 262 valence electrons. The third kappa shape index (κ3) is 9.26. The first-order valence-electron chi connectivity index (χ1n) is 17.4. The summed E-state index contributed by atoms with van der Waals surface area (Å²) in [5, 5.41) is 0. The van der Waals surface area contributed by atoms with Gasteiger partial charge in [-0.05, 0) is 103 Å². The van der Waals surface area contributed by atoms with E-state index >= 15 is 0 Å².